The fourth-order valence-corrected chi connectivity index (χ4v) is 2.76. The molecule has 0 saturated heterocycles. The minimum Gasteiger partial charge on any atom is -0.393 e. The van der Waals surface area contributed by atoms with Gasteiger partial charge in [-0.3, -0.25) is 0 Å². The van der Waals surface area contributed by atoms with Crippen molar-refractivity contribution in [1.29, 1.82) is 0 Å². The van der Waals surface area contributed by atoms with Crippen LogP contribution >= 0.6 is 0 Å². The molecule has 0 saturated carbocycles. The molecule has 5 heteroatoms. The number of amides is 2. The van der Waals surface area contributed by atoms with Crippen LogP contribution < -0.4 is 5.32 Å². The van der Waals surface area contributed by atoms with Crippen molar-refractivity contribution in [3.63, 3.8) is 0 Å². The monoisotopic (exact) mass is 344 g/mol. The Morgan fingerprint density at radius 2 is 1.80 bits per heavy atom. The number of carbonyl (C=O) groups excluding carboxylic acids is 1. The summed E-state index contributed by atoms with van der Waals surface area (Å²) in [5.74, 6) is -0.246. The Morgan fingerprint density at radius 3 is 2.40 bits per heavy atom. The van der Waals surface area contributed by atoms with Crippen LogP contribution in [0.1, 0.15) is 30.4 Å². The predicted molar refractivity (Wildman–Crippen MR) is 96.7 cm³/mol. The van der Waals surface area contributed by atoms with Gasteiger partial charge >= 0.3 is 6.03 Å². The van der Waals surface area contributed by atoms with E-state index < -0.39 is 6.10 Å². The van der Waals surface area contributed by atoms with Gasteiger partial charge in [0.05, 0.1) is 6.10 Å². The first-order valence-corrected chi connectivity index (χ1v) is 8.42. The average molecular weight is 344 g/mol. The largest absolute Gasteiger partial charge is 0.393 e. The van der Waals surface area contributed by atoms with Crippen LogP contribution in [0, 0.1) is 5.82 Å². The second-order valence-electron chi connectivity index (χ2n) is 6.36. The molecule has 0 aliphatic carbocycles. The smallest absolute Gasteiger partial charge is 0.317 e. The SMILES string of the molecule is CC(O)CC(CNC(=O)N(C)Cc1ccc(F)cc1)c1ccccc1. The Kier molecular flexibility index (Phi) is 6.95. The lowest BCUT2D eigenvalue weighted by Crippen LogP contribution is -2.39. The fourth-order valence-electron chi connectivity index (χ4n) is 2.76. The van der Waals surface area contributed by atoms with Crippen LogP contribution in [0.3, 0.4) is 0 Å². The summed E-state index contributed by atoms with van der Waals surface area (Å²) in [4.78, 5) is 13.9. The van der Waals surface area contributed by atoms with E-state index in [4.69, 9.17) is 0 Å². The molecule has 2 amide bonds. The standard InChI is InChI=1S/C20H25FN2O2/c1-15(24)12-18(17-6-4-3-5-7-17)13-22-20(25)23(2)14-16-8-10-19(21)11-9-16/h3-11,15,18,24H,12-14H2,1-2H3,(H,22,25). The third-order valence-corrected chi connectivity index (χ3v) is 4.08. The highest BCUT2D eigenvalue weighted by atomic mass is 19.1. The van der Waals surface area contributed by atoms with Crippen molar-refractivity contribution >= 4 is 6.03 Å². The molecular weight excluding hydrogens is 319 g/mol. The summed E-state index contributed by atoms with van der Waals surface area (Å²) in [5.41, 5.74) is 1.95. The molecule has 2 aromatic rings. The van der Waals surface area contributed by atoms with E-state index in [2.05, 4.69) is 5.32 Å². The van der Waals surface area contributed by atoms with E-state index in [1.165, 1.54) is 12.1 Å². The highest BCUT2D eigenvalue weighted by Crippen LogP contribution is 2.20. The Hall–Kier alpha value is -2.40. The van der Waals surface area contributed by atoms with Crippen LogP contribution in [0.15, 0.2) is 54.6 Å². The summed E-state index contributed by atoms with van der Waals surface area (Å²) in [6, 6.07) is 15.7. The summed E-state index contributed by atoms with van der Waals surface area (Å²) >= 11 is 0. The van der Waals surface area contributed by atoms with E-state index in [1.54, 1.807) is 31.0 Å². The molecular formula is C20H25FN2O2. The number of halogens is 1. The highest BCUT2D eigenvalue weighted by Gasteiger charge is 2.17. The molecule has 2 N–H and O–H groups in total. The van der Waals surface area contributed by atoms with Crippen LogP contribution in [0.2, 0.25) is 0 Å². The Balaban J connectivity index is 1.92. The maximum Gasteiger partial charge on any atom is 0.317 e. The quantitative estimate of drug-likeness (QED) is 0.807. The molecule has 0 spiro atoms. The number of hydrogen-bond donors (Lipinski definition) is 2. The summed E-state index contributed by atoms with van der Waals surface area (Å²) in [5, 5.41) is 12.6. The molecule has 2 unspecified atom stereocenters. The molecule has 0 fully saturated rings. The van der Waals surface area contributed by atoms with Gasteiger partial charge in [0, 0.05) is 26.1 Å². The number of rotatable bonds is 7. The van der Waals surface area contributed by atoms with Gasteiger partial charge in [-0.2, -0.15) is 0 Å². The topological polar surface area (TPSA) is 52.6 Å². The van der Waals surface area contributed by atoms with Crippen LogP contribution in [0.25, 0.3) is 0 Å². The van der Waals surface area contributed by atoms with Crippen LogP contribution in [-0.4, -0.2) is 35.7 Å². The second-order valence-corrected chi connectivity index (χ2v) is 6.36. The van der Waals surface area contributed by atoms with Gasteiger partial charge in [-0.25, -0.2) is 9.18 Å². The fraction of sp³-hybridized carbons (Fsp3) is 0.350. The number of nitrogens with zero attached hydrogens (tertiary/aromatic N) is 1. The van der Waals surface area contributed by atoms with Crippen molar-refractivity contribution in [3.8, 4) is 0 Å². The predicted octanol–water partition coefficient (Wildman–Crippen LogP) is 3.52. The first kappa shape index (κ1) is 18.9. The summed E-state index contributed by atoms with van der Waals surface area (Å²) in [6.45, 7) is 2.60. The van der Waals surface area contributed by atoms with E-state index in [1.807, 2.05) is 30.3 Å². The molecule has 2 atom stereocenters. The minimum absolute atomic E-state index is 0.0457. The lowest BCUT2D eigenvalue weighted by Gasteiger charge is -2.23. The maximum atomic E-state index is 12.9. The first-order chi connectivity index (χ1) is 12.0. The minimum atomic E-state index is -0.445. The van der Waals surface area contributed by atoms with Gasteiger partial charge in [0.15, 0.2) is 0 Å². The molecule has 0 aliphatic heterocycles. The van der Waals surface area contributed by atoms with E-state index in [-0.39, 0.29) is 17.8 Å². The summed E-state index contributed by atoms with van der Waals surface area (Å²) in [6.07, 6.45) is 0.130. The van der Waals surface area contributed by atoms with Gasteiger partial charge in [-0.1, -0.05) is 42.5 Å². The van der Waals surface area contributed by atoms with E-state index >= 15 is 0 Å². The zero-order valence-electron chi connectivity index (χ0n) is 14.7. The van der Waals surface area contributed by atoms with Gasteiger partial charge in [0.25, 0.3) is 0 Å². The molecule has 0 bridgehead atoms. The number of hydrogen-bond acceptors (Lipinski definition) is 2. The zero-order valence-corrected chi connectivity index (χ0v) is 14.7. The Labute approximate surface area is 148 Å². The van der Waals surface area contributed by atoms with Crippen LogP contribution in [0.4, 0.5) is 9.18 Å². The maximum absolute atomic E-state index is 12.9. The van der Waals surface area contributed by atoms with Gasteiger partial charge < -0.3 is 15.3 Å². The first-order valence-electron chi connectivity index (χ1n) is 8.42. The van der Waals surface area contributed by atoms with Gasteiger partial charge in [-0.15, -0.1) is 0 Å². The second kappa shape index (κ2) is 9.18. The van der Waals surface area contributed by atoms with E-state index in [0.717, 1.165) is 11.1 Å². The van der Waals surface area contributed by atoms with Crippen molar-refractivity contribution in [2.45, 2.75) is 31.9 Å². The number of aliphatic hydroxyl groups excluding tert-OH is 1. The average Bonchev–Trinajstić information content (AvgIpc) is 2.60. The van der Waals surface area contributed by atoms with Crippen molar-refractivity contribution < 1.29 is 14.3 Å². The highest BCUT2D eigenvalue weighted by molar-refractivity contribution is 5.73. The van der Waals surface area contributed by atoms with Crippen molar-refractivity contribution in [1.82, 2.24) is 10.2 Å². The summed E-state index contributed by atoms with van der Waals surface area (Å²) in [7, 11) is 1.70. The molecule has 2 aromatic carbocycles. The van der Waals surface area contributed by atoms with Gasteiger partial charge in [-0.05, 0) is 36.6 Å². The molecule has 0 radical (unpaired) electrons. The number of nitrogens with one attached hydrogen (secondary N) is 1. The van der Waals surface area contributed by atoms with Gasteiger partial charge in [0.2, 0.25) is 0 Å². The lowest BCUT2D eigenvalue weighted by molar-refractivity contribution is 0.171. The third-order valence-electron chi connectivity index (χ3n) is 4.08. The molecule has 0 aliphatic rings. The molecule has 4 nitrogen and oxygen atoms in total. The molecule has 134 valence electrons. The Bertz CT molecular complexity index is 659. The molecule has 25 heavy (non-hydrogen) atoms. The zero-order chi connectivity index (χ0) is 18.2. The lowest BCUT2D eigenvalue weighted by atomic mass is 9.93. The number of aliphatic hydroxyl groups is 1. The number of carbonyl (C=O) groups is 1. The van der Waals surface area contributed by atoms with Gasteiger partial charge in [0.1, 0.15) is 5.82 Å². The molecule has 0 heterocycles. The molecule has 2 rings (SSSR count). The van der Waals surface area contributed by atoms with Crippen molar-refractivity contribution in [2.75, 3.05) is 13.6 Å². The molecule has 0 aromatic heterocycles. The summed E-state index contributed by atoms with van der Waals surface area (Å²) < 4.78 is 12.9. The van der Waals surface area contributed by atoms with Crippen molar-refractivity contribution in [2.24, 2.45) is 0 Å². The van der Waals surface area contributed by atoms with Crippen molar-refractivity contribution in [3.05, 3.63) is 71.5 Å². The van der Waals surface area contributed by atoms with Crippen LogP contribution in [0.5, 0.6) is 0 Å². The number of benzene rings is 2. The van der Waals surface area contributed by atoms with Crippen LogP contribution in [-0.2, 0) is 6.54 Å². The third kappa shape index (κ3) is 6.19. The van der Waals surface area contributed by atoms with E-state index in [9.17, 15) is 14.3 Å². The normalized spacial score (nSPS) is 13.1. The Morgan fingerprint density at radius 1 is 1.16 bits per heavy atom. The number of urea groups is 1. The van der Waals surface area contributed by atoms with E-state index in [0.29, 0.717) is 19.5 Å².